The van der Waals surface area contributed by atoms with Crippen molar-refractivity contribution in [1.29, 1.82) is 0 Å². The summed E-state index contributed by atoms with van der Waals surface area (Å²) in [6.45, 7) is 4.05. The normalized spacial score (nSPS) is 10.8. The van der Waals surface area contributed by atoms with Crippen LogP contribution in [0.3, 0.4) is 0 Å². The number of aryl methyl sites for hydroxylation is 1. The maximum Gasteiger partial charge on any atom is 0.251 e. The van der Waals surface area contributed by atoms with Crippen LogP contribution >= 0.6 is 23.4 Å². The number of rotatable bonds is 8. The second kappa shape index (κ2) is 10.6. The van der Waals surface area contributed by atoms with Crippen molar-refractivity contribution in [1.82, 2.24) is 14.9 Å². The maximum atomic E-state index is 12.4. The van der Waals surface area contributed by atoms with Gasteiger partial charge in [0.2, 0.25) is 5.91 Å². The van der Waals surface area contributed by atoms with Crippen molar-refractivity contribution >= 4 is 40.9 Å². The standard InChI is InChI=1S/C25H23ClN4O3S/c1-16-6-11-20(33-16)14-28-24(32)18-7-9-19(10-8-18)30-13-12-27-25(30)34-15-23(31)29-22-5-3-4-21(26)17(22)2/h3-13H,14-15H2,1-2H3,(H,28,32)(H,29,31). The van der Waals surface area contributed by atoms with E-state index in [0.29, 0.717) is 33.7 Å². The van der Waals surface area contributed by atoms with E-state index < -0.39 is 0 Å². The van der Waals surface area contributed by atoms with Crippen molar-refractivity contribution < 1.29 is 14.0 Å². The molecule has 174 valence electrons. The zero-order valence-electron chi connectivity index (χ0n) is 18.7. The van der Waals surface area contributed by atoms with Crippen molar-refractivity contribution in [2.75, 3.05) is 11.1 Å². The molecular formula is C25H23ClN4O3S. The SMILES string of the molecule is Cc1ccc(CNC(=O)c2ccc(-n3ccnc3SCC(=O)Nc3cccc(Cl)c3C)cc2)o1. The molecule has 0 bridgehead atoms. The molecule has 34 heavy (non-hydrogen) atoms. The lowest BCUT2D eigenvalue weighted by Gasteiger charge is -2.10. The van der Waals surface area contributed by atoms with Gasteiger partial charge in [-0.2, -0.15) is 0 Å². The first-order valence-corrected chi connectivity index (χ1v) is 11.9. The molecule has 0 atom stereocenters. The van der Waals surface area contributed by atoms with Crippen molar-refractivity contribution in [3.8, 4) is 5.69 Å². The highest BCUT2D eigenvalue weighted by Gasteiger charge is 2.12. The molecule has 0 saturated carbocycles. The topological polar surface area (TPSA) is 89.2 Å². The second-order valence-corrected chi connectivity index (χ2v) is 8.92. The highest BCUT2D eigenvalue weighted by molar-refractivity contribution is 7.99. The Hall–Kier alpha value is -3.49. The summed E-state index contributed by atoms with van der Waals surface area (Å²) in [5.74, 6) is 1.37. The zero-order valence-corrected chi connectivity index (χ0v) is 20.2. The molecule has 2 amide bonds. The lowest BCUT2D eigenvalue weighted by molar-refractivity contribution is -0.113. The third-order valence-electron chi connectivity index (χ3n) is 5.11. The Kier molecular flexibility index (Phi) is 7.40. The minimum Gasteiger partial charge on any atom is -0.465 e. The predicted molar refractivity (Wildman–Crippen MR) is 134 cm³/mol. The van der Waals surface area contributed by atoms with Crippen LogP contribution in [-0.4, -0.2) is 27.1 Å². The summed E-state index contributed by atoms with van der Waals surface area (Å²) >= 11 is 7.44. The maximum absolute atomic E-state index is 12.4. The summed E-state index contributed by atoms with van der Waals surface area (Å²) in [6.07, 6.45) is 3.49. The van der Waals surface area contributed by atoms with E-state index in [1.54, 1.807) is 30.5 Å². The largest absolute Gasteiger partial charge is 0.465 e. The molecule has 9 heteroatoms. The lowest BCUT2D eigenvalue weighted by atomic mass is 10.2. The van der Waals surface area contributed by atoms with Crippen LogP contribution in [0.4, 0.5) is 5.69 Å². The van der Waals surface area contributed by atoms with E-state index in [9.17, 15) is 9.59 Å². The van der Waals surface area contributed by atoms with E-state index in [1.165, 1.54) is 11.8 Å². The fraction of sp³-hybridized carbons (Fsp3) is 0.160. The van der Waals surface area contributed by atoms with Crippen molar-refractivity contribution in [2.24, 2.45) is 0 Å². The number of hydrogen-bond acceptors (Lipinski definition) is 5. The minimum absolute atomic E-state index is 0.149. The Morgan fingerprint density at radius 2 is 1.88 bits per heavy atom. The Balaban J connectivity index is 1.35. The fourth-order valence-electron chi connectivity index (χ4n) is 3.28. The number of anilines is 1. The first-order valence-electron chi connectivity index (χ1n) is 10.6. The molecule has 0 fully saturated rings. The Morgan fingerprint density at radius 3 is 2.62 bits per heavy atom. The molecule has 0 spiro atoms. The van der Waals surface area contributed by atoms with Crippen LogP contribution in [0.25, 0.3) is 5.69 Å². The highest BCUT2D eigenvalue weighted by atomic mass is 35.5. The average molecular weight is 495 g/mol. The Bertz CT molecular complexity index is 1310. The van der Waals surface area contributed by atoms with Gasteiger partial charge in [-0.25, -0.2) is 4.98 Å². The molecule has 7 nitrogen and oxygen atoms in total. The number of carbonyl (C=O) groups is 2. The average Bonchev–Trinajstić information content (AvgIpc) is 3.48. The highest BCUT2D eigenvalue weighted by Crippen LogP contribution is 2.24. The van der Waals surface area contributed by atoms with Gasteiger partial charge in [-0.1, -0.05) is 29.4 Å². The van der Waals surface area contributed by atoms with Crippen LogP contribution in [0.15, 0.2) is 76.6 Å². The van der Waals surface area contributed by atoms with E-state index in [4.69, 9.17) is 16.0 Å². The van der Waals surface area contributed by atoms with Crippen molar-refractivity contribution in [3.05, 3.63) is 94.7 Å². The number of carbonyl (C=O) groups excluding carboxylic acids is 2. The van der Waals surface area contributed by atoms with E-state index in [2.05, 4.69) is 15.6 Å². The molecule has 4 rings (SSSR count). The monoisotopic (exact) mass is 494 g/mol. The molecular weight excluding hydrogens is 472 g/mol. The number of halogens is 1. The van der Waals surface area contributed by atoms with Crippen LogP contribution in [0.5, 0.6) is 0 Å². The van der Waals surface area contributed by atoms with Crippen LogP contribution in [0.1, 0.15) is 27.4 Å². The number of nitrogens with one attached hydrogen (secondary N) is 2. The third-order valence-corrected chi connectivity index (χ3v) is 6.48. The molecule has 0 radical (unpaired) electrons. The van der Waals surface area contributed by atoms with Crippen molar-refractivity contribution in [2.45, 2.75) is 25.5 Å². The molecule has 2 N–H and O–H groups in total. The molecule has 2 heterocycles. The molecule has 0 aliphatic rings. The van der Waals surface area contributed by atoms with E-state index >= 15 is 0 Å². The molecule has 4 aromatic rings. The number of nitrogens with zero attached hydrogens (tertiary/aromatic N) is 2. The van der Waals surface area contributed by atoms with Gasteiger partial charge in [-0.3, -0.25) is 14.2 Å². The number of amides is 2. The lowest BCUT2D eigenvalue weighted by Crippen LogP contribution is -2.22. The Labute approximate surface area is 206 Å². The zero-order chi connectivity index (χ0) is 24.1. The summed E-state index contributed by atoms with van der Waals surface area (Å²) < 4.78 is 7.34. The predicted octanol–water partition coefficient (Wildman–Crippen LogP) is 5.40. The van der Waals surface area contributed by atoms with Crippen molar-refractivity contribution in [3.63, 3.8) is 0 Å². The molecule has 0 saturated heterocycles. The summed E-state index contributed by atoms with van der Waals surface area (Å²) in [7, 11) is 0. The molecule has 0 aliphatic carbocycles. The van der Waals surface area contributed by atoms with E-state index in [1.807, 2.05) is 54.9 Å². The fourth-order valence-corrected chi connectivity index (χ4v) is 4.22. The minimum atomic E-state index is -0.186. The van der Waals surface area contributed by atoms with Gasteiger partial charge in [0.25, 0.3) is 5.91 Å². The van der Waals surface area contributed by atoms with E-state index in [-0.39, 0.29) is 17.6 Å². The molecule has 0 aliphatic heterocycles. The smallest absolute Gasteiger partial charge is 0.251 e. The van der Waals surface area contributed by atoms with Gasteiger partial charge < -0.3 is 15.1 Å². The van der Waals surface area contributed by atoms with Crippen LogP contribution in [-0.2, 0) is 11.3 Å². The van der Waals surface area contributed by atoms with Crippen LogP contribution in [0, 0.1) is 13.8 Å². The Morgan fingerprint density at radius 1 is 1.09 bits per heavy atom. The first kappa shape index (κ1) is 23.7. The van der Waals surface area contributed by atoms with Crippen LogP contribution < -0.4 is 10.6 Å². The van der Waals surface area contributed by atoms with Gasteiger partial charge in [0.1, 0.15) is 11.5 Å². The number of benzene rings is 2. The van der Waals surface area contributed by atoms with Gasteiger partial charge in [0.15, 0.2) is 5.16 Å². The number of thioether (sulfide) groups is 1. The third kappa shape index (κ3) is 5.70. The molecule has 0 unspecified atom stereocenters. The van der Waals surface area contributed by atoms with E-state index in [0.717, 1.165) is 17.0 Å². The number of furan rings is 1. The molecule has 2 aromatic heterocycles. The van der Waals surface area contributed by atoms with Gasteiger partial charge in [-0.05, 0) is 67.9 Å². The first-order chi connectivity index (χ1) is 16.4. The number of hydrogen-bond donors (Lipinski definition) is 2. The van der Waals surface area contributed by atoms with Gasteiger partial charge in [0, 0.05) is 34.4 Å². The number of aromatic nitrogens is 2. The quantitative estimate of drug-likeness (QED) is 0.320. The molecule has 2 aromatic carbocycles. The number of imidazole rings is 1. The summed E-state index contributed by atoms with van der Waals surface area (Å²) in [4.78, 5) is 29.2. The second-order valence-electron chi connectivity index (χ2n) is 7.57. The summed E-state index contributed by atoms with van der Waals surface area (Å²) in [5.41, 5.74) is 2.90. The summed E-state index contributed by atoms with van der Waals surface area (Å²) in [6, 6.07) is 16.3. The van der Waals surface area contributed by atoms with Gasteiger partial charge in [0.05, 0.1) is 12.3 Å². The van der Waals surface area contributed by atoms with Gasteiger partial charge in [-0.15, -0.1) is 0 Å². The summed E-state index contributed by atoms with van der Waals surface area (Å²) in [5, 5.41) is 7.01. The van der Waals surface area contributed by atoms with Gasteiger partial charge >= 0.3 is 0 Å². The van der Waals surface area contributed by atoms with Crippen LogP contribution in [0.2, 0.25) is 5.02 Å².